The van der Waals surface area contributed by atoms with Gasteiger partial charge in [0.15, 0.2) is 0 Å². The standard InChI is InChI=1S/C21H31N3O4S2/c1-5-22(6-2)30(27,28)17-10-11-19-18(12-17)23(21(26)14-29-19)13-20(25)24-15(3)8-7-9-16(24)4/h10-12,15-16H,5-9,13-14H2,1-4H3. The fourth-order valence-electron chi connectivity index (χ4n) is 4.36. The van der Waals surface area contributed by atoms with Crippen molar-refractivity contribution in [2.75, 3.05) is 30.3 Å². The molecule has 7 nitrogen and oxygen atoms in total. The number of carbonyl (C=O) groups is 2. The van der Waals surface area contributed by atoms with Crippen molar-refractivity contribution in [2.24, 2.45) is 0 Å². The summed E-state index contributed by atoms with van der Waals surface area (Å²) in [4.78, 5) is 30.2. The van der Waals surface area contributed by atoms with Crippen LogP contribution in [0.25, 0.3) is 0 Å². The van der Waals surface area contributed by atoms with Crippen LogP contribution in [0.15, 0.2) is 28.0 Å². The fourth-order valence-corrected chi connectivity index (χ4v) is 6.75. The Labute approximate surface area is 183 Å². The average molecular weight is 454 g/mol. The Balaban J connectivity index is 1.93. The normalized spacial score (nSPS) is 22.4. The predicted octanol–water partition coefficient (Wildman–Crippen LogP) is 2.95. The van der Waals surface area contributed by atoms with Gasteiger partial charge < -0.3 is 9.80 Å². The van der Waals surface area contributed by atoms with Gasteiger partial charge in [-0.1, -0.05) is 13.8 Å². The molecule has 9 heteroatoms. The molecule has 1 aromatic carbocycles. The summed E-state index contributed by atoms with van der Waals surface area (Å²) in [5.74, 6) is -0.0125. The van der Waals surface area contributed by atoms with Crippen molar-refractivity contribution < 1.29 is 18.0 Å². The molecule has 0 aliphatic carbocycles. The van der Waals surface area contributed by atoms with E-state index in [-0.39, 0.29) is 41.1 Å². The first-order valence-electron chi connectivity index (χ1n) is 10.6. The summed E-state index contributed by atoms with van der Waals surface area (Å²) >= 11 is 1.38. The minimum Gasteiger partial charge on any atom is -0.336 e. The van der Waals surface area contributed by atoms with E-state index in [0.29, 0.717) is 18.8 Å². The van der Waals surface area contributed by atoms with Crippen molar-refractivity contribution in [3.05, 3.63) is 18.2 Å². The minimum atomic E-state index is -3.65. The van der Waals surface area contributed by atoms with Gasteiger partial charge in [-0.2, -0.15) is 4.31 Å². The van der Waals surface area contributed by atoms with Crippen molar-refractivity contribution in [1.82, 2.24) is 9.21 Å². The Bertz CT molecular complexity index is 905. The molecule has 2 atom stereocenters. The third-order valence-corrected chi connectivity index (χ3v) is 9.08. The van der Waals surface area contributed by atoms with Gasteiger partial charge >= 0.3 is 0 Å². The summed E-state index contributed by atoms with van der Waals surface area (Å²) in [5.41, 5.74) is 0.509. The van der Waals surface area contributed by atoms with E-state index < -0.39 is 10.0 Å². The molecule has 0 aromatic heterocycles. The lowest BCUT2D eigenvalue weighted by Crippen LogP contribution is -2.52. The number of amides is 2. The van der Waals surface area contributed by atoms with Crippen LogP contribution in [0.3, 0.4) is 0 Å². The Kier molecular flexibility index (Phi) is 7.14. The maximum Gasteiger partial charge on any atom is 0.243 e. The third-order valence-electron chi connectivity index (χ3n) is 5.99. The van der Waals surface area contributed by atoms with Crippen LogP contribution < -0.4 is 4.90 Å². The van der Waals surface area contributed by atoms with Gasteiger partial charge in [0, 0.05) is 30.1 Å². The lowest BCUT2D eigenvalue weighted by molar-refractivity contribution is -0.136. The number of likely N-dealkylation sites (tertiary alicyclic amines) is 1. The highest BCUT2D eigenvalue weighted by atomic mass is 32.2. The molecule has 2 heterocycles. The van der Waals surface area contributed by atoms with Crippen LogP contribution in [0, 0.1) is 0 Å². The number of piperidine rings is 1. The highest BCUT2D eigenvalue weighted by Crippen LogP contribution is 2.37. The van der Waals surface area contributed by atoms with Crippen LogP contribution in [0.5, 0.6) is 0 Å². The van der Waals surface area contributed by atoms with Gasteiger partial charge in [0.25, 0.3) is 0 Å². The Morgan fingerprint density at radius 3 is 2.40 bits per heavy atom. The lowest BCUT2D eigenvalue weighted by atomic mass is 9.97. The van der Waals surface area contributed by atoms with Gasteiger partial charge in [0.05, 0.1) is 16.3 Å². The summed E-state index contributed by atoms with van der Waals surface area (Å²) in [7, 11) is -3.65. The molecule has 2 aliphatic rings. The van der Waals surface area contributed by atoms with Gasteiger partial charge in [-0.3, -0.25) is 9.59 Å². The number of benzene rings is 1. The van der Waals surface area contributed by atoms with Crippen molar-refractivity contribution >= 4 is 39.3 Å². The molecule has 0 radical (unpaired) electrons. The van der Waals surface area contributed by atoms with Crippen LogP contribution in [-0.4, -0.2) is 66.9 Å². The summed E-state index contributed by atoms with van der Waals surface area (Å²) < 4.78 is 27.3. The number of hydrogen-bond donors (Lipinski definition) is 0. The van der Waals surface area contributed by atoms with Crippen LogP contribution >= 0.6 is 11.8 Å². The van der Waals surface area contributed by atoms with E-state index in [1.54, 1.807) is 32.0 Å². The van der Waals surface area contributed by atoms with E-state index in [1.165, 1.54) is 21.0 Å². The maximum atomic E-state index is 13.1. The number of carbonyl (C=O) groups excluding carboxylic acids is 2. The largest absolute Gasteiger partial charge is 0.336 e. The van der Waals surface area contributed by atoms with Gasteiger partial charge in [-0.25, -0.2) is 8.42 Å². The second-order valence-electron chi connectivity index (χ2n) is 7.92. The van der Waals surface area contributed by atoms with Crippen LogP contribution in [0.1, 0.15) is 47.0 Å². The zero-order valence-electron chi connectivity index (χ0n) is 18.1. The molecule has 3 rings (SSSR count). The third kappa shape index (κ3) is 4.38. The second kappa shape index (κ2) is 9.28. The van der Waals surface area contributed by atoms with E-state index in [9.17, 15) is 18.0 Å². The molecule has 0 bridgehead atoms. The first-order chi connectivity index (χ1) is 14.2. The number of hydrogen-bond acceptors (Lipinski definition) is 5. The van der Waals surface area contributed by atoms with Crippen molar-refractivity contribution in [3.63, 3.8) is 0 Å². The first kappa shape index (κ1) is 23.1. The van der Waals surface area contributed by atoms with E-state index in [4.69, 9.17) is 0 Å². The molecule has 2 amide bonds. The van der Waals surface area contributed by atoms with E-state index in [1.807, 2.05) is 18.7 Å². The van der Waals surface area contributed by atoms with Gasteiger partial charge in [0.1, 0.15) is 6.54 Å². The monoisotopic (exact) mass is 453 g/mol. The van der Waals surface area contributed by atoms with Crippen molar-refractivity contribution in [1.29, 1.82) is 0 Å². The Morgan fingerprint density at radius 1 is 1.17 bits per heavy atom. The highest BCUT2D eigenvalue weighted by molar-refractivity contribution is 8.00. The molecule has 1 aromatic rings. The summed E-state index contributed by atoms with van der Waals surface area (Å²) in [6.45, 7) is 8.37. The molecule has 2 aliphatic heterocycles. The number of thioether (sulfide) groups is 1. The lowest BCUT2D eigenvalue weighted by Gasteiger charge is -2.40. The topological polar surface area (TPSA) is 78.0 Å². The van der Waals surface area contributed by atoms with Crippen LogP contribution in [0.4, 0.5) is 5.69 Å². The minimum absolute atomic E-state index is 0.0597. The van der Waals surface area contributed by atoms with E-state index >= 15 is 0 Å². The number of fused-ring (bicyclic) bond motifs is 1. The van der Waals surface area contributed by atoms with Gasteiger partial charge in [0.2, 0.25) is 21.8 Å². The molecule has 0 N–H and O–H groups in total. The van der Waals surface area contributed by atoms with Gasteiger partial charge in [-0.15, -0.1) is 11.8 Å². The summed E-state index contributed by atoms with van der Waals surface area (Å²) in [6.07, 6.45) is 3.02. The summed E-state index contributed by atoms with van der Waals surface area (Å²) in [6, 6.07) is 5.16. The number of rotatable bonds is 6. The van der Waals surface area contributed by atoms with E-state index in [2.05, 4.69) is 0 Å². The highest BCUT2D eigenvalue weighted by Gasteiger charge is 2.34. The molecule has 2 unspecified atom stereocenters. The molecule has 1 fully saturated rings. The second-order valence-corrected chi connectivity index (χ2v) is 10.9. The average Bonchev–Trinajstić information content (AvgIpc) is 2.70. The molecule has 0 spiro atoms. The Morgan fingerprint density at radius 2 is 1.80 bits per heavy atom. The molecular weight excluding hydrogens is 422 g/mol. The van der Waals surface area contributed by atoms with Crippen molar-refractivity contribution in [3.8, 4) is 0 Å². The summed E-state index contributed by atoms with van der Waals surface area (Å²) in [5, 5.41) is 0. The molecule has 30 heavy (non-hydrogen) atoms. The van der Waals surface area contributed by atoms with Crippen LogP contribution in [0.2, 0.25) is 0 Å². The SMILES string of the molecule is CCN(CC)S(=O)(=O)c1ccc2c(c1)N(CC(=O)N1C(C)CCCC1C)C(=O)CS2. The maximum absolute atomic E-state index is 13.1. The molecule has 166 valence electrons. The van der Waals surface area contributed by atoms with Crippen LogP contribution in [-0.2, 0) is 19.6 Å². The number of anilines is 1. The Hall–Kier alpha value is -1.58. The smallest absolute Gasteiger partial charge is 0.243 e. The first-order valence-corrected chi connectivity index (χ1v) is 13.0. The van der Waals surface area contributed by atoms with Crippen molar-refractivity contribution in [2.45, 2.75) is 68.8 Å². The van der Waals surface area contributed by atoms with Gasteiger partial charge in [-0.05, 0) is 51.3 Å². The zero-order valence-corrected chi connectivity index (χ0v) is 19.8. The quantitative estimate of drug-likeness (QED) is 0.662. The van der Waals surface area contributed by atoms with E-state index in [0.717, 1.165) is 24.2 Å². The predicted molar refractivity (Wildman–Crippen MR) is 119 cm³/mol. The molecular formula is C21H31N3O4S2. The molecule has 0 saturated carbocycles. The molecule has 1 saturated heterocycles. The zero-order chi connectivity index (χ0) is 22.1. The number of nitrogens with zero attached hydrogens (tertiary/aromatic N) is 3. The fraction of sp³-hybridized carbons (Fsp3) is 0.619. The number of sulfonamides is 1.